The Balaban J connectivity index is 0.000000415. The van der Waals surface area contributed by atoms with E-state index in [0.29, 0.717) is 0 Å². The first kappa shape index (κ1) is 27.3. The summed E-state index contributed by atoms with van der Waals surface area (Å²) in [6, 6.07) is 21.7. The summed E-state index contributed by atoms with van der Waals surface area (Å²) in [6.45, 7) is 13.2. The second kappa shape index (κ2) is 12.8. The van der Waals surface area contributed by atoms with Crippen LogP contribution in [0.1, 0.15) is 22.3 Å². The van der Waals surface area contributed by atoms with Crippen LogP contribution in [0.4, 0.5) is 0 Å². The van der Waals surface area contributed by atoms with E-state index in [1.807, 2.05) is 0 Å². The molecule has 4 heteroatoms. The molecule has 0 bridgehead atoms. The van der Waals surface area contributed by atoms with Crippen molar-refractivity contribution in [3.05, 3.63) is 82.9 Å². The minimum atomic E-state index is 0. The summed E-state index contributed by atoms with van der Waals surface area (Å²) in [6.07, 6.45) is 0. The summed E-state index contributed by atoms with van der Waals surface area (Å²) in [5.41, 5.74) is 5.69. The third-order valence-electron chi connectivity index (χ3n) is 4.50. The van der Waals surface area contributed by atoms with Crippen LogP contribution in [-0.2, 0) is 23.3 Å². The molecule has 0 N–H and O–H groups in total. The van der Waals surface area contributed by atoms with E-state index < -0.39 is 0 Å². The van der Waals surface area contributed by atoms with Gasteiger partial charge in [-0.25, -0.2) is 0 Å². The fraction of sp³-hybridized carbons (Fsp3) is 0.250. The first-order valence-electron chi connectivity index (χ1n) is 9.06. The van der Waals surface area contributed by atoms with Crippen molar-refractivity contribution in [3.63, 3.8) is 0 Å². The number of fused-ring (bicyclic) bond motifs is 2. The van der Waals surface area contributed by atoms with Crippen molar-refractivity contribution in [1.29, 1.82) is 0 Å². The standard InChI is InChI=1S/2C11H11.C2H6Si.2ClH.Zr/c2*1-8-6-7-9(2)11-5-3-4-10(8)11;1-3-2;;;/h2*3-7H,1-2H3;1-2H3;2*1H;/q2*-1;;;;+2. The Morgan fingerprint density at radius 2 is 0.893 bits per heavy atom. The van der Waals surface area contributed by atoms with Crippen LogP contribution in [0.15, 0.2) is 60.7 Å². The molecule has 0 spiro atoms. The van der Waals surface area contributed by atoms with Crippen molar-refractivity contribution in [3.8, 4) is 0 Å². The number of rotatable bonds is 0. The van der Waals surface area contributed by atoms with Crippen LogP contribution in [0.2, 0.25) is 13.1 Å². The minimum absolute atomic E-state index is 0. The molecule has 4 aromatic rings. The van der Waals surface area contributed by atoms with Crippen LogP contribution in [0.5, 0.6) is 0 Å². The van der Waals surface area contributed by atoms with Crippen molar-refractivity contribution in [2.45, 2.75) is 40.8 Å². The molecule has 4 rings (SSSR count). The van der Waals surface area contributed by atoms with Crippen molar-refractivity contribution in [2.75, 3.05) is 0 Å². The van der Waals surface area contributed by atoms with Gasteiger partial charge in [0.2, 0.25) is 0 Å². The molecule has 0 amide bonds. The molecule has 4 aromatic carbocycles. The molecule has 148 valence electrons. The molecule has 0 saturated carbocycles. The van der Waals surface area contributed by atoms with Crippen LogP contribution >= 0.6 is 24.8 Å². The molecule has 0 unspecified atom stereocenters. The number of benzene rings is 2. The van der Waals surface area contributed by atoms with E-state index in [-0.39, 0.29) is 30.2 Å². The molecule has 0 aliphatic heterocycles. The van der Waals surface area contributed by atoms with E-state index in [1.165, 1.54) is 43.8 Å². The topological polar surface area (TPSA) is 0 Å². The van der Waals surface area contributed by atoms with Crippen molar-refractivity contribution in [2.24, 2.45) is 0 Å². The van der Waals surface area contributed by atoms with Gasteiger partial charge in [0.25, 0.3) is 0 Å². The van der Waals surface area contributed by atoms with Crippen LogP contribution in [0.25, 0.3) is 21.5 Å². The van der Waals surface area contributed by atoms with Crippen molar-refractivity contribution in [1.82, 2.24) is 0 Å². The predicted octanol–water partition coefficient (Wildman–Crippen LogP) is 7.98. The van der Waals surface area contributed by atoms with E-state index in [0.717, 1.165) is 0 Å². The number of hydrogen-bond donors (Lipinski definition) is 0. The Morgan fingerprint density at radius 1 is 0.607 bits per heavy atom. The van der Waals surface area contributed by atoms with Gasteiger partial charge in [-0.05, 0) is 13.8 Å². The second-order valence-electron chi connectivity index (χ2n) is 7.10. The van der Waals surface area contributed by atoms with E-state index in [1.54, 1.807) is 23.3 Å². The molecular weight excluding hydrogens is 478 g/mol. The number of hydrogen-bond acceptors (Lipinski definition) is 0. The SMILES string of the molecule is C[Si](C)=[Zr+2].Cc1ccc(C)c2[cH-]ccc12.Cc1ccc(C)c2[cH-]ccc12.Cl.Cl. The Bertz CT molecular complexity index is 874. The van der Waals surface area contributed by atoms with Crippen LogP contribution in [0.3, 0.4) is 0 Å². The van der Waals surface area contributed by atoms with Gasteiger partial charge in [0.05, 0.1) is 0 Å². The third-order valence-corrected chi connectivity index (χ3v) is 4.50. The van der Waals surface area contributed by atoms with Gasteiger partial charge in [0.15, 0.2) is 0 Å². The molecule has 0 heterocycles. The molecule has 0 radical (unpaired) electrons. The smallest absolute Gasteiger partial charge is 0.0488 e. The van der Waals surface area contributed by atoms with E-state index in [4.69, 9.17) is 0 Å². The summed E-state index contributed by atoms with van der Waals surface area (Å²) in [5, 5.41) is 5.57. The average molecular weight is 509 g/mol. The molecule has 0 saturated heterocycles. The maximum Gasteiger partial charge on any atom is -0.0488 e. The van der Waals surface area contributed by atoms with Gasteiger partial charge in [-0.3, -0.25) is 0 Å². The quantitative estimate of drug-likeness (QED) is 0.167. The maximum atomic E-state index is 2.31. The second-order valence-corrected chi connectivity index (χ2v) is 16.5. The molecule has 0 nitrogen and oxygen atoms in total. The van der Waals surface area contributed by atoms with Gasteiger partial charge >= 0.3 is 41.9 Å². The minimum Gasteiger partial charge on any atom is -0.168 e. The van der Waals surface area contributed by atoms with Gasteiger partial charge in [0, 0.05) is 0 Å². The summed E-state index contributed by atoms with van der Waals surface area (Å²) in [7, 11) is 0. The van der Waals surface area contributed by atoms with Crippen LogP contribution < -0.4 is 0 Å². The Hall–Kier alpha value is -0.660. The van der Waals surface area contributed by atoms with Gasteiger partial charge in [-0.2, -0.15) is 24.3 Å². The summed E-state index contributed by atoms with van der Waals surface area (Å²) < 4.78 is 0. The van der Waals surface area contributed by atoms with Crippen LogP contribution in [0, 0.1) is 27.7 Å². The molecule has 0 fully saturated rings. The Labute approximate surface area is 197 Å². The van der Waals surface area contributed by atoms with Gasteiger partial charge in [0.1, 0.15) is 0 Å². The molecule has 0 aliphatic carbocycles. The largest absolute Gasteiger partial charge is 0.168 e. The first-order valence-corrected chi connectivity index (χ1v) is 15.2. The van der Waals surface area contributed by atoms with Gasteiger partial charge in [-0.15, -0.1) is 81.8 Å². The first-order chi connectivity index (χ1) is 12.3. The number of aryl methyl sites for hydroxylation is 4. The summed E-state index contributed by atoms with van der Waals surface area (Å²) in [4.78, 5) is 0. The third kappa shape index (κ3) is 7.30. The molecular formula is C24H30Cl2SiZr. The average Bonchev–Trinajstić information content (AvgIpc) is 3.25. The summed E-state index contributed by atoms with van der Waals surface area (Å²) in [5.74, 6) is 0. The monoisotopic (exact) mass is 506 g/mol. The van der Waals surface area contributed by atoms with Crippen molar-refractivity contribution >= 4 is 51.8 Å². The predicted molar refractivity (Wildman–Crippen MR) is 130 cm³/mol. The Morgan fingerprint density at radius 3 is 1.18 bits per heavy atom. The normalized spacial score (nSPS) is 9.43. The fourth-order valence-corrected chi connectivity index (χ4v) is 3.07. The molecule has 0 atom stereocenters. The van der Waals surface area contributed by atoms with E-state index in [9.17, 15) is 0 Å². The zero-order chi connectivity index (χ0) is 19.3. The fourth-order valence-electron chi connectivity index (χ4n) is 3.07. The van der Waals surface area contributed by atoms with Crippen molar-refractivity contribution < 1.29 is 23.3 Å². The van der Waals surface area contributed by atoms with Gasteiger partial charge in [-0.1, -0.05) is 37.1 Å². The molecule has 0 aromatic heterocycles. The van der Waals surface area contributed by atoms with E-state index in [2.05, 4.69) is 101 Å². The zero-order valence-electron chi connectivity index (χ0n) is 17.6. The molecule has 28 heavy (non-hydrogen) atoms. The zero-order valence-corrected chi connectivity index (χ0v) is 22.7. The van der Waals surface area contributed by atoms with Crippen LogP contribution in [-0.4, -0.2) is 5.43 Å². The Kier molecular flexibility index (Phi) is 12.5. The van der Waals surface area contributed by atoms with E-state index >= 15 is 0 Å². The van der Waals surface area contributed by atoms with Gasteiger partial charge < -0.3 is 0 Å². The maximum absolute atomic E-state index is 2.31. The number of halogens is 2. The summed E-state index contributed by atoms with van der Waals surface area (Å²) >= 11 is 1.74. The molecule has 0 aliphatic rings.